The van der Waals surface area contributed by atoms with E-state index < -0.39 is 5.82 Å². The van der Waals surface area contributed by atoms with Crippen LogP contribution in [-0.2, 0) is 6.61 Å². The number of rotatable bonds is 3. The number of nitrogens with zero attached hydrogens (tertiary/aromatic N) is 1. The monoisotopic (exact) mass is 267 g/mol. The van der Waals surface area contributed by atoms with Gasteiger partial charge in [0.15, 0.2) is 5.16 Å². The molecule has 0 radical (unpaired) electrons. The van der Waals surface area contributed by atoms with Gasteiger partial charge in [0.25, 0.3) is 5.56 Å². The van der Waals surface area contributed by atoms with Gasteiger partial charge in [-0.1, -0.05) is 11.8 Å². The molecule has 1 aromatic heterocycles. The van der Waals surface area contributed by atoms with Gasteiger partial charge in [-0.2, -0.15) is 0 Å². The lowest BCUT2D eigenvalue weighted by Crippen LogP contribution is -2.09. The zero-order valence-corrected chi connectivity index (χ0v) is 10.00. The summed E-state index contributed by atoms with van der Waals surface area (Å²) in [6.07, 6.45) is 0. The molecule has 7 heteroatoms. The van der Waals surface area contributed by atoms with Gasteiger partial charge >= 0.3 is 0 Å². The van der Waals surface area contributed by atoms with Crippen LogP contribution in [0.5, 0.6) is 0 Å². The molecule has 1 heterocycles. The van der Waals surface area contributed by atoms with Gasteiger partial charge in [-0.25, -0.2) is 9.37 Å². The minimum atomic E-state index is -0.433. The number of nitrogens with two attached hydrogens (primary N) is 1. The van der Waals surface area contributed by atoms with Crippen LogP contribution in [0.1, 0.15) is 5.56 Å². The first-order valence-corrected chi connectivity index (χ1v) is 5.84. The van der Waals surface area contributed by atoms with Crippen molar-refractivity contribution in [1.29, 1.82) is 0 Å². The average Bonchev–Trinajstić information content (AvgIpc) is 2.30. The van der Waals surface area contributed by atoms with Crippen LogP contribution in [0.4, 0.5) is 10.2 Å². The van der Waals surface area contributed by atoms with Crippen LogP contribution in [0.2, 0.25) is 0 Å². The number of nitrogens with one attached hydrogen (secondary N) is 1. The quantitative estimate of drug-likeness (QED) is 0.725. The van der Waals surface area contributed by atoms with E-state index in [9.17, 15) is 9.18 Å². The van der Waals surface area contributed by atoms with Crippen LogP contribution in [0.15, 0.2) is 39.1 Å². The topological polar surface area (TPSA) is 92.0 Å². The van der Waals surface area contributed by atoms with Crippen LogP contribution in [0.3, 0.4) is 0 Å². The molecule has 0 atom stereocenters. The molecule has 0 aliphatic rings. The number of aromatic nitrogens is 2. The fourth-order valence-corrected chi connectivity index (χ4v) is 2.28. The maximum absolute atomic E-state index is 13.0. The van der Waals surface area contributed by atoms with E-state index in [4.69, 9.17) is 10.8 Å². The highest BCUT2D eigenvalue weighted by atomic mass is 32.2. The summed E-state index contributed by atoms with van der Waals surface area (Å²) in [6, 6.07) is 5.18. The summed E-state index contributed by atoms with van der Waals surface area (Å²) >= 11 is 1.10. The molecule has 1 aromatic carbocycles. The lowest BCUT2D eigenvalue weighted by atomic mass is 10.2. The van der Waals surface area contributed by atoms with Crippen molar-refractivity contribution in [2.75, 3.05) is 5.73 Å². The summed E-state index contributed by atoms with van der Waals surface area (Å²) in [5.74, 6) is -0.327. The lowest BCUT2D eigenvalue weighted by molar-refractivity contribution is 0.278. The average molecular weight is 267 g/mol. The molecule has 0 unspecified atom stereocenters. The number of hydrogen-bond acceptors (Lipinski definition) is 5. The van der Waals surface area contributed by atoms with E-state index in [1.165, 1.54) is 24.3 Å². The number of H-pyrrole nitrogens is 1. The number of hydrogen-bond donors (Lipinski definition) is 3. The molecule has 0 aliphatic carbocycles. The van der Waals surface area contributed by atoms with Crippen molar-refractivity contribution in [3.63, 3.8) is 0 Å². The van der Waals surface area contributed by atoms with Crippen LogP contribution in [-0.4, -0.2) is 15.1 Å². The van der Waals surface area contributed by atoms with Crippen LogP contribution < -0.4 is 11.3 Å². The number of nitrogen functional groups attached to an aromatic ring is 1. The van der Waals surface area contributed by atoms with Crippen molar-refractivity contribution in [3.05, 3.63) is 46.0 Å². The minimum Gasteiger partial charge on any atom is -0.392 e. The molecule has 0 spiro atoms. The summed E-state index contributed by atoms with van der Waals surface area (Å²) in [4.78, 5) is 18.3. The number of halogens is 1. The van der Waals surface area contributed by atoms with Gasteiger partial charge < -0.3 is 15.8 Å². The first-order chi connectivity index (χ1) is 8.58. The first-order valence-electron chi connectivity index (χ1n) is 5.02. The first kappa shape index (κ1) is 12.6. The van der Waals surface area contributed by atoms with Gasteiger partial charge in [-0.3, -0.25) is 4.79 Å². The van der Waals surface area contributed by atoms with E-state index >= 15 is 0 Å². The largest absolute Gasteiger partial charge is 0.392 e. The molecule has 4 N–H and O–H groups in total. The molecule has 94 valence electrons. The van der Waals surface area contributed by atoms with Crippen LogP contribution >= 0.6 is 11.8 Å². The maximum atomic E-state index is 13.0. The van der Waals surface area contributed by atoms with E-state index in [1.54, 1.807) is 0 Å². The molecule has 2 aromatic rings. The zero-order chi connectivity index (χ0) is 13.1. The van der Waals surface area contributed by atoms with Crippen molar-refractivity contribution < 1.29 is 9.50 Å². The third-order valence-corrected chi connectivity index (χ3v) is 3.14. The Kier molecular flexibility index (Phi) is 3.63. The summed E-state index contributed by atoms with van der Waals surface area (Å²) in [5.41, 5.74) is 5.51. The molecule has 0 saturated heterocycles. The summed E-state index contributed by atoms with van der Waals surface area (Å²) in [5, 5.41) is 9.43. The number of aliphatic hydroxyl groups excluding tert-OH is 1. The Morgan fingerprint density at radius 1 is 1.44 bits per heavy atom. The van der Waals surface area contributed by atoms with E-state index in [0.717, 1.165) is 11.8 Å². The Labute approximate surface area is 106 Å². The predicted molar refractivity (Wildman–Crippen MR) is 65.7 cm³/mol. The second-order valence-corrected chi connectivity index (χ2v) is 4.52. The zero-order valence-electron chi connectivity index (χ0n) is 9.18. The predicted octanol–water partition coefficient (Wildman–Crippen LogP) is 1.13. The Bertz CT molecular complexity index is 630. The smallest absolute Gasteiger partial charge is 0.253 e. The molecule has 2 rings (SSSR count). The molecule has 0 fully saturated rings. The van der Waals surface area contributed by atoms with Gasteiger partial charge in [-0.05, 0) is 23.8 Å². The molecular formula is C11H10FN3O2S. The number of aliphatic hydroxyl groups is 1. The number of benzene rings is 1. The second kappa shape index (κ2) is 5.19. The van der Waals surface area contributed by atoms with Crippen LogP contribution in [0.25, 0.3) is 0 Å². The fourth-order valence-electron chi connectivity index (χ4n) is 1.38. The van der Waals surface area contributed by atoms with Gasteiger partial charge in [0, 0.05) is 11.0 Å². The van der Waals surface area contributed by atoms with E-state index in [1.807, 2.05) is 0 Å². The Morgan fingerprint density at radius 2 is 2.22 bits per heavy atom. The molecule has 0 amide bonds. The SMILES string of the molecule is Nc1cc(=O)[nH]c(Sc2ccc(F)cc2CO)n1. The van der Waals surface area contributed by atoms with Crippen molar-refractivity contribution in [2.45, 2.75) is 16.7 Å². The summed E-state index contributed by atoms with van der Waals surface area (Å²) in [7, 11) is 0. The highest BCUT2D eigenvalue weighted by molar-refractivity contribution is 7.99. The van der Waals surface area contributed by atoms with Gasteiger partial charge in [0.1, 0.15) is 11.6 Å². The van der Waals surface area contributed by atoms with E-state index in [0.29, 0.717) is 15.6 Å². The van der Waals surface area contributed by atoms with Gasteiger partial charge in [0.05, 0.1) is 6.61 Å². The van der Waals surface area contributed by atoms with Crippen LogP contribution in [0, 0.1) is 5.82 Å². The molecular weight excluding hydrogens is 257 g/mol. The Balaban J connectivity index is 2.36. The standard InChI is InChI=1S/C11H10FN3O2S/c12-7-1-2-8(6(3-7)5-16)18-11-14-9(13)4-10(17)15-11/h1-4,16H,5H2,(H3,13,14,15,17). The summed E-state index contributed by atoms with van der Waals surface area (Å²) in [6.45, 7) is -0.299. The van der Waals surface area contributed by atoms with E-state index in [-0.39, 0.29) is 18.0 Å². The van der Waals surface area contributed by atoms with E-state index in [2.05, 4.69) is 9.97 Å². The van der Waals surface area contributed by atoms with Gasteiger partial charge in [0.2, 0.25) is 0 Å². The molecule has 0 aliphatic heterocycles. The third kappa shape index (κ3) is 2.88. The second-order valence-electron chi connectivity index (χ2n) is 3.49. The van der Waals surface area contributed by atoms with Crippen molar-refractivity contribution in [2.24, 2.45) is 0 Å². The summed E-state index contributed by atoms with van der Waals surface area (Å²) < 4.78 is 13.0. The molecule has 0 saturated carbocycles. The van der Waals surface area contributed by atoms with Crippen molar-refractivity contribution in [3.8, 4) is 0 Å². The Hall–Kier alpha value is -1.86. The van der Waals surface area contributed by atoms with Crippen molar-refractivity contribution >= 4 is 17.6 Å². The maximum Gasteiger partial charge on any atom is 0.253 e. The number of aromatic amines is 1. The fraction of sp³-hybridized carbons (Fsp3) is 0.0909. The van der Waals surface area contributed by atoms with Gasteiger partial charge in [-0.15, -0.1) is 0 Å². The normalized spacial score (nSPS) is 10.6. The molecule has 0 bridgehead atoms. The highest BCUT2D eigenvalue weighted by Crippen LogP contribution is 2.28. The Morgan fingerprint density at radius 3 is 2.89 bits per heavy atom. The third-order valence-electron chi connectivity index (χ3n) is 2.14. The minimum absolute atomic E-state index is 0.105. The van der Waals surface area contributed by atoms with Crippen molar-refractivity contribution in [1.82, 2.24) is 9.97 Å². The lowest BCUT2D eigenvalue weighted by Gasteiger charge is -2.06. The molecule has 5 nitrogen and oxygen atoms in total. The number of anilines is 1. The highest BCUT2D eigenvalue weighted by Gasteiger charge is 2.07. The molecule has 18 heavy (non-hydrogen) atoms.